The van der Waals surface area contributed by atoms with Crippen LogP contribution in [0.1, 0.15) is 172 Å². The van der Waals surface area contributed by atoms with Crippen molar-refractivity contribution in [2.75, 3.05) is 40.0 Å². The number of aliphatic hydroxyl groups excluding tert-OH is 1. The van der Waals surface area contributed by atoms with Gasteiger partial charge >= 0.3 is 12.2 Å². The van der Waals surface area contributed by atoms with Gasteiger partial charge in [0.1, 0.15) is 42.0 Å². The van der Waals surface area contributed by atoms with Gasteiger partial charge in [-0.1, -0.05) is 83.7 Å². The van der Waals surface area contributed by atoms with E-state index in [1.54, 1.807) is 90.9 Å². The normalized spacial score (nSPS) is 16.5. The molecule has 3 aromatic carbocycles. The molecular weight excluding hydrogens is 1010 g/mol. The zero-order chi connectivity index (χ0) is 58.6. The molecule has 434 valence electrons. The molecule has 1 aliphatic rings. The van der Waals surface area contributed by atoms with Crippen LogP contribution in [-0.2, 0) is 46.3 Å². The number of nitrogens with one attached hydrogen (secondary N) is 3. The van der Waals surface area contributed by atoms with Crippen LogP contribution in [0.5, 0.6) is 11.5 Å². The molecule has 5 atom stereocenters. The Morgan fingerprint density at radius 2 is 1.38 bits per heavy atom. The topological polar surface area (TPSA) is 233 Å². The van der Waals surface area contributed by atoms with E-state index in [9.17, 15) is 33.9 Å². The number of alkyl carbamates (subject to hydrolysis) is 2. The van der Waals surface area contributed by atoms with Gasteiger partial charge in [0.2, 0.25) is 11.8 Å². The van der Waals surface area contributed by atoms with Gasteiger partial charge in [-0.25, -0.2) is 9.59 Å². The first-order chi connectivity index (χ1) is 37.2. The number of amides is 4. The van der Waals surface area contributed by atoms with Crippen LogP contribution in [0.4, 0.5) is 9.59 Å². The van der Waals surface area contributed by atoms with E-state index in [0.717, 1.165) is 36.8 Å². The highest BCUT2D eigenvalue weighted by atomic mass is 16.6. The molecule has 4 amide bonds. The van der Waals surface area contributed by atoms with Crippen molar-refractivity contribution in [2.24, 2.45) is 17.8 Å². The Hall–Kier alpha value is -6.62. The molecule has 0 unspecified atom stereocenters. The maximum absolute atomic E-state index is 15.3. The fourth-order valence-electron chi connectivity index (χ4n) is 9.43. The number of benzene rings is 3. The van der Waals surface area contributed by atoms with E-state index in [2.05, 4.69) is 22.9 Å². The predicted molar refractivity (Wildman–Crippen MR) is 303 cm³/mol. The molecule has 4 N–H and O–H groups in total. The minimum atomic E-state index is -1.34. The molecule has 1 heterocycles. The molecule has 0 aliphatic carbocycles. The number of unbranched alkanes of at least 4 members (excludes halogenated alkanes) is 4. The molecular formula is C62H88N4O13. The molecule has 3 aromatic rings. The standard InChI is InChI=1S/C62H88N4O13/c1-13-15-16-17-18-19-42-20-23-46(39(3)31-42)50(68)37-45(26-27-63-59(74)78-61(6,7)8)58(73)66(12)56-44-22-25-55(76-29-14-2)48(36-44)47-34-43(21-24-54(47)77-30-28-64-60(75)79-62(9,10)11)35-49(51(69)32-40(4)53(71)38-67)65-57(72)41(5)33-52(56)70/h20-25,31,34,36,40-41,45,49,56,67H,13-19,26-30,32-33,35,37-38H2,1-12H3,(H,63,74)(H,64,75)(H,65,72)/t40-,41-,45-,49+,56+/m1/s1. The van der Waals surface area contributed by atoms with Crippen LogP contribution >= 0.6 is 0 Å². The number of Topliss-reactive ketones (excluding diaryl/α,β-unsaturated/α-hetero) is 4. The van der Waals surface area contributed by atoms with Gasteiger partial charge in [-0.05, 0) is 127 Å². The van der Waals surface area contributed by atoms with Gasteiger partial charge in [0.15, 0.2) is 23.1 Å². The molecule has 1 aliphatic heterocycles. The average Bonchev–Trinajstić information content (AvgIpc) is 3.38. The van der Waals surface area contributed by atoms with Crippen molar-refractivity contribution in [1.82, 2.24) is 20.9 Å². The summed E-state index contributed by atoms with van der Waals surface area (Å²) in [6.07, 6.45) is 4.93. The summed E-state index contributed by atoms with van der Waals surface area (Å²) in [5.41, 5.74) is 2.71. The molecule has 4 bridgehead atoms. The van der Waals surface area contributed by atoms with Crippen LogP contribution in [0.15, 0.2) is 54.6 Å². The first-order valence-corrected chi connectivity index (χ1v) is 28.1. The third-order valence-electron chi connectivity index (χ3n) is 13.6. The number of hydrogen-bond acceptors (Lipinski definition) is 13. The van der Waals surface area contributed by atoms with Crippen molar-refractivity contribution in [2.45, 2.75) is 176 Å². The van der Waals surface area contributed by atoms with Crippen molar-refractivity contribution < 1.29 is 62.4 Å². The summed E-state index contributed by atoms with van der Waals surface area (Å²) in [5.74, 6) is -5.15. The second kappa shape index (κ2) is 30.7. The van der Waals surface area contributed by atoms with Crippen LogP contribution in [0.25, 0.3) is 11.1 Å². The molecule has 0 fully saturated rings. The van der Waals surface area contributed by atoms with Gasteiger partial charge in [0, 0.05) is 67.3 Å². The minimum absolute atomic E-state index is 0.00598. The first kappa shape index (κ1) is 64.9. The number of hydrogen-bond donors (Lipinski definition) is 4. The number of fused-ring (bicyclic) bond motifs is 5. The highest BCUT2D eigenvalue weighted by Crippen LogP contribution is 2.41. The molecule has 0 saturated carbocycles. The highest BCUT2D eigenvalue weighted by molar-refractivity contribution is 6.01. The Balaban J connectivity index is 1.87. The van der Waals surface area contributed by atoms with Crippen molar-refractivity contribution >= 4 is 47.1 Å². The van der Waals surface area contributed by atoms with Crippen LogP contribution < -0.4 is 25.4 Å². The van der Waals surface area contributed by atoms with E-state index in [1.165, 1.54) is 31.7 Å². The molecule has 0 spiro atoms. The molecule has 79 heavy (non-hydrogen) atoms. The smallest absolute Gasteiger partial charge is 0.407 e. The molecule has 0 saturated heterocycles. The summed E-state index contributed by atoms with van der Waals surface area (Å²) in [6, 6.07) is 13.6. The Kier molecular flexibility index (Phi) is 25.2. The second-order valence-electron chi connectivity index (χ2n) is 23.0. The maximum atomic E-state index is 15.3. The summed E-state index contributed by atoms with van der Waals surface area (Å²) >= 11 is 0. The lowest BCUT2D eigenvalue weighted by Crippen LogP contribution is -2.46. The Bertz CT molecular complexity index is 2600. The number of aliphatic hydroxyl groups is 1. The third-order valence-corrected chi connectivity index (χ3v) is 13.6. The largest absolute Gasteiger partial charge is 0.493 e. The zero-order valence-corrected chi connectivity index (χ0v) is 48.9. The van der Waals surface area contributed by atoms with Crippen LogP contribution in [0, 0.1) is 24.7 Å². The number of carbonyl (C=O) groups is 8. The summed E-state index contributed by atoms with van der Waals surface area (Å²) in [7, 11) is 1.48. The predicted octanol–water partition coefficient (Wildman–Crippen LogP) is 9.96. The average molecular weight is 1100 g/mol. The van der Waals surface area contributed by atoms with Crippen molar-refractivity contribution in [1.29, 1.82) is 0 Å². The summed E-state index contributed by atoms with van der Waals surface area (Å²) in [4.78, 5) is 112. The van der Waals surface area contributed by atoms with E-state index in [0.29, 0.717) is 52.3 Å². The van der Waals surface area contributed by atoms with E-state index in [4.69, 9.17) is 18.9 Å². The molecule has 17 nitrogen and oxygen atoms in total. The fraction of sp³-hybridized carbons (Fsp3) is 0.581. The SMILES string of the molecule is CCCCCCCc1ccc(C(=O)C[C@@H](CCNC(=O)OC(C)(C)C)C(=O)N(C)[C@@H]2C(=O)C[C@@H](C)C(=O)N[C@H](C(=O)C[C@@H](C)C(=O)CO)Cc3ccc(OCCNC(=O)OC(C)(C)C)c(c3)-c3cc2ccc3OCCC)c(C)c1. The Morgan fingerprint density at radius 3 is 2.00 bits per heavy atom. The Morgan fingerprint density at radius 1 is 0.759 bits per heavy atom. The summed E-state index contributed by atoms with van der Waals surface area (Å²) < 4.78 is 23.6. The van der Waals surface area contributed by atoms with Crippen molar-refractivity contribution in [3.63, 3.8) is 0 Å². The van der Waals surface area contributed by atoms with E-state index in [1.807, 2.05) is 26.0 Å². The van der Waals surface area contributed by atoms with Gasteiger partial charge in [-0.3, -0.25) is 28.8 Å². The van der Waals surface area contributed by atoms with Crippen molar-refractivity contribution in [3.8, 4) is 22.6 Å². The molecule has 17 heteroatoms. The second-order valence-corrected chi connectivity index (χ2v) is 23.0. The lowest BCUT2D eigenvalue weighted by Gasteiger charge is -2.32. The molecule has 0 aromatic heterocycles. The minimum Gasteiger partial charge on any atom is -0.493 e. The Labute approximate surface area is 468 Å². The zero-order valence-electron chi connectivity index (χ0n) is 48.9. The van der Waals surface area contributed by atoms with E-state index in [-0.39, 0.29) is 57.6 Å². The third kappa shape index (κ3) is 20.8. The van der Waals surface area contributed by atoms with Gasteiger partial charge < -0.3 is 44.9 Å². The first-order valence-electron chi connectivity index (χ1n) is 28.1. The number of ketones is 4. The monoisotopic (exact) mass is 1100 g/mol. The van der Waals surface area contributed by atoms with E-state index >= 15 is 9.59 Å². The lowest BCUT2D eigenvalue weighted by molar-refractivity contribution is -0.142. The van der Waals surface area contributed by atoms with Crippen LogP contribution in [0.3, 0.4) is 0 Å². The highest BCUT2D eigenvalue weighted by Gasteiger charge is 2.37. The molecule has 4 rings (SSSR count). The maximum Gasteiger partial charge on any atom is 0.407 e. The van der Waals surface area contributed by atoms with Gasteiger partial charge in [-0.15, -0.1) is 0 Å². The number of nitrogens with zero attached hydrogens (tertiary/aromatic N) is 1. The summed E-state index contributed by atoms with van der Waals surface area (Å²) in [6.45, 7) is 19.1. The van der Waals surface area contributed by atoms with Gasteiger partial charge in [0.05, 0.1) is 19.2 Å². The number of likely N-dealkylation sites (N-methyl/N-ethyl adjacent to an activating group) is 1. The van der Waals surface area contributed by atoms with Crippen LogP contribution in [-0.4, -0.2) is 114 Å². The fourth-order valence-corrected chi connectivity index (χ4v) is 9.43. The quantitative estimate of drug-likeness (QED) is 0.0433. The summed E-state index contributed by atoms with van der Waals surface area (Å²) in [5, 5.41) is 17.8. The van der Waals surface area contributed by atoms with Crippen LogP contribution in [0.2, 0.25) is 0 Å². The van der Waals surface area contributed by atoms with E-state index < -0.39 is 89.0 Å². The molecule has 0 radical (unpaired) electrons. The van der Waals surface area contributed by atoms with Gasteiger partial charge in [-0.2, -0.15) is 0 Å². The number of aryl methyl sites for hydroxylation is 2. The number of ether oxygens (including phenoxy) is 4. The number of rotatable bonds is 26. The van der Waals surface area contributed by atoms with Crippen molar-refractivity contribution in [3.05, 3.63) is 82.4 Å². The van der Waals surface area contributed by atoms with Gasteiger partial charge in [0.25, 0.3) is 0 Å². The lowest BCUT2D eigenvalue weighted by atomic mass is 9.87. The number of carbonyl (C=O) groups excluding carboxylic acids is 8.